The summed E-state index contributed by atoms with van der Waals surface area (Å²) in [4.78, 5) is 153. The molecule has 4 amide bonds. The highest BCUT2D eigenvalue weighted by Crippen LogP contribution is 2.32. The van der Waals surface area contributed by atoms with Gasteiger partial charge in [-0.1, -0.05) is 24.3 Å². The normalized spacial score (nSPS) is 11.2. The summed E-state index contributed by atoms with van der Waals surface area (Å²) >= 11 is 0. The summed E-state index contributed by atoms with van der Waals surface area (Å²) in [5.41, 5.74) is 6.74. The lowest BCUT2D eigenvalue weighted by molar-refractivity contribution is -0.145. The molecule has 8 heterocycles. The second-order valence-electron chi connectivity index (χ2n) is 24.1. The number of imidazole rings is 4. The molecule has 0 atom stereocenters. The number of H-pyrrole nitrogens is 1. The average Bonchev–Trinajstić information content (AvgIpc) is 1.61. The molecule has 10 aromatic rings. The topological polar surface area (TPSA) is 339 Å². The van der Waals surface area contributed by atoms with Crippen molar-refractivity contribution in [1.82, 2.24) is 67.5 Å². The summed E-state index contributed by atoms with van der Waals surface area (Å²) in [6.07, 6.45) is 14.2. The van der Waals surface area contributed by atoms with Gasteiger partial charge >= 0.3 is 5.97 Å². The highest BCUT2D eigenvalue weighted by molar-refractivity contribution is 6.10. The van der Waals surface area contributed by atoms with Gasteiger partial charge in [-0.3, -0.25) is 47.9 Å². The van der Waals surface area contributed by atoms with Crippen molar-refractivity contribution in [2.75, 3.05) is 30.8 Å². The third-order valence-electron chi connectivity index (χ3n) is 16.5. The fraction of sp³-hybridized carbons (Fsp3) is 0.314. The van der Waals surface area contributed by atoms with Gasteiger partial charge in [0.25, 0.3) is 17.7 Å². The number of hydrogen-bond acceptors (Lipinski definition) is 16. The molecule has 28 heteroatoms. The number of Topliss-reactive ketones (excluding diaryl/α,β-unsaturated/α-hetero) is 5. The van der Waals surface area contributed by atoms with E-state index < -0.39 is 23.7 Å². The van der Waals surface area contributed by atoms with Crippen molar-refractivity contribution in [2.24, 2.45) is 49.3 Å². The molecule has 10 rings (SSSR count). The Morgan fingerprint density at radius 2 is 1.15 bits per heavy atom. The molecule has 0 radical (unpaired) electrons. The molecule has 0 aliphatic heterocycles. The van der Waals surface area contributed by atoms with Gasteiger partial charge in [0.05, 0.1) is 59.5 Å². The molecule has 508 valence electrons. The van der Waals surface area contributed by atoms with E-state index in [1.165, 1.54) is 19.4 Å². The molecule has 28 nitrogen and oxygen atoms in total. The molecule has 2 aromatic carbocycles. The van der Waals surface area contributed by atoms with Crippen molar-refractivity contribution in [3.63, 3.8) is 0 Å². The largest absolute Gasteiger partial charge is 0.494 e. The van der Waals surface area contributed by atoms with Crippen LogP contribution in [0.15, 0.2) is 110 Å². The predicted molar refractivity (Wildman–Crippen MR) is 360 cm³/mol. The van der Waals surface area contributed by atoms with Crippen LogP contribution in [-0.2, 0) is 107 Å². The molecule has 0 fully saturated rings. The first-order valence-electron chi connectivity index (χ1n) is 31.7. The zero-order valence-electron chi connectivity index (χ0n) is 55.9. The number of aryl methyl sites for hydroxylation is 7. The molecule has 98 heavy (non-hydrogen) atoms. The van der Waals surface area contributed by atoms with E-state index in [9.17, 15) is 47.9 Å². The number of likely N-dealkylation sites (N-methyl/N-ethyl adjacent to an activating group) is 1. The van der Waals surface area contributed by atoms with Crippen LogP contribution in [0, 0.1) is 0 Å². The standard InChI is InChI=1S/C70H76N16O12/c1-10-71-60(92)31-41-16-18-42(19-17-41)40-98-61(93)15-11-14-55(88)51-25-43(34-81(51)3)28-56(89)52-26-44(35-82(52)4)29-57(90)53-27-45(36-83(53)5)30-58(91)65-74-46(38-85(65)7)32-48(87)13-12-22-73-69(95)54-33-47(37-84(54)6)75-68(94)49-20-21-50-62(63(49)97-9)79-64(76-50)66-77-59(39-86(66)8)78-70(96)67-72-23-24-80(67)2/h16-21,23-27,33-39H,10-15,22,28-32,40H2,1-9H3,(H,71,92)(H,73,95)(H,75,94)(H,76,79)(H,78,96). The maximum Gasteiger partial charge on any atom is 0.306 e. The Bertz CT molecular complexity index is 4730. The number of carbonyl (C=O) groups is 10. The van der Waals surface area contributed by atoms with E-state index in [0.29, 0.717) is 80.8 Å². The number of hydrogen-bond donors (Lipinski definition) is 5. The Morgan fingerprint density at radius 3 is 1.79 bits per heavy atom. The Morgan fingerprint density at radius 1 is 0.520 bits per heavy atom. The van der Waals surface area contributed by atoms with Gasteiger partial charge in [-0.05, 0) is 84.0 Å². The lowest BCUT2D eigenvalue weighted by atomic mass is 10.1. The van der Waals surface area contributed by atoms with Gasteiger partial charge in [0.2, 0.25) is 11.7 Å². The first-order valence-corrected chi connectivity index (χ1v) is 31.7. The molecule has 0 saturated carbocycles. The number of rotatable bonds is 32. The van der Waals surface area contributed by atoms with E-state index in [1.54, 1.807) is 167 Å². The van der Waals surface area contributed by atoms with Gasteiger partial charge in [-0.2, -0.15) is 0 Å². The molecular formula is C70H76N16O12. The second kappa shape index (κ2) is 30.3. The Kier molecular flexibility index (Phi) is 21.3. The number of esters is 1. The smallest absolute Gasteiger partial charge is 0.306 e. The minimum atomic E-state index is -0.514. The molecular weight excluding hydrogens is 1260 g/mol. The number of fused-ring (bicyclic) bond motifs is 1. The summed E-state index contributed by atoms with van der Waals surface area (Å²) in [6.45, 7) is 2.67. The van der Waals surface area contributed by atoms with Crippen molar-refractivity contribution in [3.05, 3.63) is 184 Å². The van der Waals surface area contributed by atoms with Gasteiger partial charge in [-0.25, -0.2) is 19.9 Å². The molecule has 5 N–H and O–H groups in total. The highest BCUT2D eigenvalue weighted by atomic mass is 16.5. The van der Waals surface area contributed by atoms with Crippen LogP contribution in [-0.4, -0.2) is 136 Å². The molecule has 0 saturated heterocycles. The van der Waals surface area contributed by atoms with Crippen LogP contribution in [0.5, 0.6) is 5.75 Å². The number of carbonyl (C=O) groups excluding carboxylic acids is 10. The number of methoxy groups -OCH3 is 1. The Labute approximate surface area is 562 Å². The van der Waals surface area contributed by atoms with Crippen molar-refractivity contribution in [1.29, 1.82) is 0 Å². The number of nitrogens with one attached hydrogen (secondary N) is 5. The maximum absolute atomic E-state index is 13.7. The lowest BCUT2D eigenvalue weighted by Crippen LogP contribution is -2.26. The Hall–Kier alpha value is -11.8. The van der Waals surface area contributed by atoms with Crippen LogP contribution in [0.4, 0.5) is 11.5 Å². The number of benzene rings is 2. The number of nitrogens with zero attached hydrogens (tertiary/aromatic N) is 11. The van der Waals surface area contributed by atoms with Gasteiger partial charge in [0.15, 0.2) is 52.2 Å². The summed E-state index contributed by atoms with van der Waals surface area (Å²) in [5, 5.41) is 11.2. The van der Waals surface area contributed by atoms with Gasteiger partial charge in [0.1, 0.15) is 23.6 Å². The monoisotopic (exact) mass is 1330 g/mol. The maximum atomic E-state index is 13.7. The zero-order valence-corrected chi connectivity index (χ0v) is 55.9. The fourth-order valence-corrected chi connectivity index (χ4v) is 11.6. The minimum absolute atomic E-state index is 0.00731. The summed E-state index contributed by atoms with van der Waals surface area (Å²) < 4.78 is 22.5. The number of aromatic nitrogens is 12. The fourth-order valence-electron chi connectivity index (χ4n) is 11.6. The predicted octanol–water partition coefficient (Wildman–Crippen LogP) is 6.67. The second-order valence-corrected chi connectivity index (χ2v) is 24.1. The number of ether oxygens (including phenoxy) is 2. The van der Waals surface area contributed by atoms with E-state index >= 15 is 0 Å². The minimum Gasteiger partial charge on any atom is -0.494 e. The van der Waals surface area contributed by atoms with E-state index in [2.05, 4.69) is 46.2 Å². The van der Waals surface area contributed by atoms with Crippen molar-refractivity contribution in [3.8, 4) is 17.4 Å². The van der Waals surface area contributed by atoms with Gasteiger partial charge in [-0.15, -0.1) is 0 Å². The van der Waals surface area contributed by atoms with Crippen LogP contribution >= 0.6 is 0 Å². The molecule has 0 unspecified atom stereocenters. The van der Waals surface area contributed by atoms with Crippen LogP contribution < -0.4 is 26.0 Å². The first kappa shape index (κ1) is 69.0. The van der Waals surface area contributed by atoms with Crippen LogP contribution in [0.3, 0.4) is 0 Å². The van der Waals surface area contributed by atoms with E-state index in [4.69, 9.17) is 9.47 Å². The van der Waals surface area contributed by atoms with Crippen molar-refractivity contribution in [2.45, 2.75) is 77.7 Å². The highest BCUT2D eigenvalue weighted by Gasteiger charge is 2.26. The first-order chi connectivity index (χ1) is 46.9. The van der Waals surface area contributed by atoms with Crippen LogP contribution in [0.2, 0.25) is 0 Å². The zero-order chi connectivity index (χ0) is 70.1. The van der Waals surface area contributed by atoms with Gasteiger partial charge < -0.3 is 67.7 Å². The number of ketones is 5. The lowest BCUT2D eigenvalue weighted by Gasteiger charge is -2.09. The average molecular weight is 1330 g/mol. The van der Waals surface area contributed by atoms with Gasteiger partial charge in [0, 0.05) is 151 Å². The molecule has 0 bridgehead atoms. The van der Waals surface area contributed by atoms with E-state index in [1.807, 2.05) is 19.1 Å². The number of aromatic amines is 1. The molecule has 0 spiro atoms. The SMILES string of the molecule is CCNC(=O)Cc1ccc(COC(=O)CCCC(=O)c2cc(CC(=O)c3cc(CC(=O)c4cc(CC(=O)c5nc(CC(=O)CCCNC(=O)c6cc(NC(=O)c7ccc8nc(-c9nc(NC(=O)c%10nccn%10C)cn9C)[nH]c8c7OC)cn6C)cn5C)cn4C)cn3C)cn2C)cc1. The third kappa shape index (κ3) is 16.4. The number of anilines is 2. The summed E-state index contributed by atoms with van der Waals surface area (Å²) in [7, 11) is 13.4. The van der Waals surface area contributed by atoms with Crippen molar-refractivity contribution >= 4 is 81.1 Å². The van der Waals surface area contributed by atoms with E-state index in [-0.39, 0.29) is 140 Å². The summed E-state index contributed by atoms with van der Waals surface area (Å²) in [5.74, 6) is -1.33. The molecule has 0 aliphatic rings. The van der Waals surface area contributed by atoms with Crippen LogP contribution in [0.1, 0.15) is 146 Å². The number of amides is 4. The van der Waals surface area contributed by atoms with Crippen molar-refractivity contribution < 1.29 is 57.4 Å². The Balaban J connectivity index is 0.642. The quantitative estimate of drug-likeness (QED) is 0.0167. The molecule has 0 aliphatic carbocycles. The summed E-state index contributed by atoms with van der Waals surface area (Å²) in [6, 6.07) is 17.0. The van der Waals surface area contributed by atoms with E-state index in [0.717, 1.165) is 11.1 Å². The third-order valence-corrected chi connectivity index (χ3v) is 16.5. The molecule has 8 aromatic heterocycles. The van der Waals surface area contributed by atoms with Crippen LogP contribution in [0.25, 0.3) is 22.7 Å².